The number of aryl methyl sites for hydroxylation is 1. The molecule has 0 aliphatic heterocycles. The second-order valence-electron chi connectivity index (χ2n) is 7.84. The average molecular weight is 346 g/mol. The van der Waals surface area contributed by atoms with E-state index in [1.54, 1.807) is 25.1 Å². The molecule has 0 spiro atoms. The second kappa shape index (κ2) is 6.84. The number of anilines is 1. The molecular weight excluding hydrogens is 320 g/mol. The highest BCUT2D eigenvalue weighted by molar-refractivity contribution is 5.96. The van der Waals surface area contributed by atoms with Crippen LogP contribution in [0.1, 0.15) is 39.1 Å². The number of pyridine rings is 1. The van der Waals surface area contributed by atoms with Crippen LogP contribution in [0.3, 0.4) is 0 Å². The van der Waals surface area contributed by atoms with Gasteiger partial charge in [0, 0.05) is 23.5 Å². The third kappa shape index (κ3) is 5.03. The van der Waals surface area contributed by atoms with Crippen molar-refractivity contribution in [1.82, 2.24) is 14.8 Å². The van der Waals surface area contributed by atoms with E-state index in [1.165, 1.54) is 17.6 Å². The summed E-state index contributed by atoms with van der Waals surface area (Å²) in [6, 6.07) is 6.54. The van der Waals surface area contributed by atoms with Crippen LogP contribution in [0.5, 0.6) is 0 Å². The Kier molecular flexibility index (Phi) is 5.17. The summed E-state index contributed by atoms with van der Waals surface area (Å²) >= 11 is 0. The molecule has 2 aromatic heterocycles. The first-order valence-corrected chi connectivity index (χ1v) is 8.22. The summed E-state index contributed by atoms with van der Waals surface area (Å²) in [5, 5.41) is 20.1. The number of amides is 1. The lowest BCUT2D eigenvalue weighted by Crippen LogP contribution is -2.46. The molecule has 0 saturated heterocycles. The van der Waals surface area contributed by atoms with Gasteiger partial charge in [-0.1, -0.05) is 26.8 Å². The van der Waals surface area contributed by atoms with Crippen LogP contribution in [-0.4, -0.2) is 31.4 Å². The minimum Gasteiger partial charge on any atom is -0.378 e. The van der Waals surface area contributed by atoms with Crippen LogP contribution in [0.2, 0.25) is 0 Å². The molecular formula is C18H26N4O3. The monoisotopic (exact) mass is 346 g/mol. The maximum Gasteiger partial charge on any atom is 0.259 e. The summed E-state index contributed by atoms with van der Waals surface area (Å²) < 4.78 is 1.37. The second-order valence-corrected chi connectivity index (χ2v) is 7.84. The number of hydrogen-bond donors (Lipinski definition) is 3. The Hall–Kier alpha value is -2.41. The number of aromatic amines is 1. The topological polar surface area (TPSA) is 100 Å². The number of aliphatic hydroxyl groups is 1. The first-order chi connectivity index (χ1) is 11.5. The van der Waals surface area contributed by atoms with Crippen molar-refractivity contribution in [3.8, 4) is 0 Å². The number of aromatic nitrogens is 3. The van der Waals surface area contributed by atoms with E-state index in [9.17, 15) is 14.7 Å². The van der Waals surface area contributed by atoms with Crippen molar-refractivity contribution in [3.63, 3.8) is 0 Å². The van der Waals surface area contributed by atoms with Gasteiger partial charge in [-0.2, -0.15) is 5.10 Å². The smallest absolute Gasteiger partial charge is 0.259 e. The van der Waals surface area contributed by atoms with Gasteiger partial charge in [-0.3, -0.25) is 14.7 Å². The molecule has 2 aromatic rings. The molecule has 25 heavy (non-hydrogen) atoms. The Morgan fingerprint density at radius 1 is 1.32 bits per heavy atom. The van der Waals surface area contributed by atoms with Crippen molar-refractivity contribution < 1.29 is 9.90 Å². The van der Waals surface area contributed by atoms with Gasteiger partial charge < -0.3 is 15.0 Å². The molecule has 0 radical (unpaired) electrons. The predicted octanol–water partition coefficient (Wildman–Crippen LogP) is 1.86. The molecule has 1 unspecified atom stereocenters. The van der Waals surface area contributed by atoms with Gasteiger partial charge in [0.05, 0.1) is 6.54 Å². The van der Waals surface area contributed by atoms with E-state index < -0.39 is 11.5 Å². The van der Waals surface area contributed by atoms with Crippen molar-refractivity contribution in [1.29, 1.82) is 0 Å². The van der Waals surface area contributed by atoms with Gasteiger partial charge in [0.2, 0.25) is 0 Å². The Morgan fingerprint density at radius 2 is 2.00 bits per heavy atom. The highest BCUT2D eigenvalue weighted by Crippen LogP contribution is 2.21. The summed E-state index contributed by atoms with van der Waals surface area (Å²) in [5.41, 5.74) is -0.351. The lowest BCUT2D eigenvalue weighted by Gasteiger charge is -2.23. The average Bonchev–Trinajstić information content (AvgIpc) is 2.88. The van der Waals surface area contributed by atoms with E-state index in [2.05, 4.69) is 36.3 Å². The van der Waals surface area contributed by atoms with Crippen LogP contribution >= 0.6 is 0 Å². The summed E-state index contributed by atoms with van der Waals surface area (Å²) in [5.74, 6) is -0.266. The summed E-state index contributed by atoms with van der Waals surface area (Å²) in [6.07, 6.45) is 0.783. The number of nitrogens with one attached hydrogen (secondary N) is 2. The number of H-pyrrole nitrogens is 1. The van der Waals surface area contributed by atoms with Gasteiger partial charge in [-0.25, -0.2) is 0 Å². The van der Waals surface area contributed by atoms with Gasteiger partial charge in [-0.15, -0.1) is 0 Å². The zero-order valence-electron chi connectivity index (χ0n) is 15.4. The quantitative estimate of drug-likeness (QED) is 0.769. The third-order valence-electron chi connectivity index (χ3n) is 3.82. The maximum absolute atomic E-state index is 12.4. The molecule has 0 aromatic carbocycles. The van der Waals surface area contributed by atoms with Crippen LogP contribution < -0.4 is 10.9 Å². The van der Waals surface area contributed by atoms with E-state index in [0.717, 1.165) is 12.1 Å². The zero-order valence-corrected chi connectivity index (χ0v) is 15.4. The fourth-order valence-electron chi connectivity index (χ4n) is 2.54. The number of carbonyl (C=O) groups excluding carboxylic acids is 1. The predicted molar refractivity (Wildman–Crippen MR) is 96.4 cm³/mol. The molecule has 0 aliphatic rings. The van der Waals surface area contributed by atoms with Crippen LogP contribution in [0.15, 0.2) is 29.1 Å². The van der Waals surface area contributed by atoms with Gasteiger partial charge in [0.25, 0.3) is 11.5 Å². The van der Waals surface area contributed by atoms with Crippen LogP contribution in [-0.2, 0) is 17.8 Å². The van der Waals surface area contributed by atoms with E-state index >= 15 is 0 Å². The molecule has 136 valence electrons. The van der Waals surface area contributed by atoms with E-state index in [0.29, 0.717) is 11.5 Å². The van der Waals surface area contributed by atoms with Crippen LogP contribution in [0, 0.1) is 12.3 Å². The fourth-order valence-corrected chi connectivity index (χ4v) is 2.54. The fraction of sp³-hybridized carbons (Fsp3) is 0.500. The SMILES string of the molecule is Cc1cccc(=O)n1CC(C)(O)C(=O)Nc1cc(CC(C)(C)C)[nH]n1. The minimum atomic E-state index is -1.75. The Balaban J connectivity index is 2.10. The maximum atomic E-state index is 12.4. The van der Waals surface area contributed by atoms with Crippen molar-refractivity contribution >= 4 is 11.7 Å². The van der Waals surface area contributed by atoms with Gasteiger partial charge in [0.1, 0.15) is 0 Å². The molecule has 0 fully saturated rings. The minimum absolute atomic E-state index is 0.0886. The number of nitrogens with zero attached hydrogens (tertiary/aromatic N) is 2. The van der Waals surface area contributed by atoms with Crippen LogP contribution in [0.25, 0.3) is 0 Å². The van der Waals surface area contributed by atoms with Crippen LogP contribution in [0.4, 0.5) is 5.82 Å². The Morgan fingerprint density at radius 3 is 2.60 bits per heavy atom. The summed E-state index contributed by atoms with van der Waals surface area (Å²) in [4.78, 5) is 24.4. The van der Waals surface area contributed by atoms with Crippen molar-refractivity contribution in [3.05, 3.63) is 46.0 Å². The number of hydrogen-bond acceptors (Lipinski definition) is 4. The van der Waals surface area contributed by atoms with Crippen molar-refractivity contribution in [2.45, 2.75) is 53.2 Å². The first kappa shape index (κ1) is 18.9. The number of rotatable bonds is 5. The highest BCUT2D eigenvalue weighted by Gasteiger charge is 2.32. The molecule has 0 aliphatic carbocycles. The molecule has 2 rings (SSSR count). The molecule has 1 amide bonds. The lowest BCUT2D eigenvalue weighted by atomic mass is 9.91. The summed E-state index contributed by atoms with van der Waals surface area (Å²) in [7, 11) is 0. The largest absolute Gasteiger partial charge is 0.378 e. The van der Waals surface area contributed by atoms with Crippen molar-refractivity contribution in [2.75, 3.05) is 5.32 Å². The molecule has 1 atom stereocenters. The molecule has 2 heterocycles. The first-order valence-electron chi connectivity index (χ1n) is 8.22. The molecule has 7 heteroatoms. The Labute approximate surface area is 147 Å². The van der Waals surface area contributed by atoms with Gasteiger partial charge >= 0.3 is 0 Å². The van der Waals surface area contributed by atoms with E-state index in [-0.39, 0.29) is 17.5 Å². The summed E-state index contributed by atoms with van der Waals surface area (Å²) in [6.45, 7) is 9.32. The molecule has 0 saturated carbocycles. The van der Waals surface area contributed by atoms with E-state index in [4.69, 9.17) is 0 Å². The van der Waals surface area contributed by atoms with Crippen molar-refractivity contribution in [2.24, 2.45) is 5.41 Å². The molecule has 0 bridgehead atoms. The lowest BCUT2D eigenvalue weighted by molar-refractivity contribution is -0.133. The van der Waals surface area contributed by atoms with E-state index in [1.807, 2.05) is 0 Å². The normalized spacial score (nSPS) is 14.2. The van der Waals surface area contributed by atoms with Gasteiger partial charge in [0.15, 0.2) is 11.4 Å². The number of carbonyl (C=O) groups is 1. The zero-order chi connectivity index (χ0) is 18.8. The highest BCUT2D eigenvalue weighted by atomic mass is 16.3. The standard InChI is InChI=1S/C18H26N4O3/c1-12-7-6-8-15(23)22(12)11-18(5,25)16(24)19-14-9-13(20-21-14)10-17(2,3)4/h6-9,25H,10-11H2,1-5H3,(H2,19,20,21,24). The molecule has 7 nitrogen and oxygen atoms in total. The third-order valence-corrected chi connectivity index (χ3v) is 3.82. The Bertz CT molecular complexity index is 812. The van der Waals surface area contributed by atoms with Gasteiger partial charge in [-0.05, 0) is 31.7 Å². The molecule has 3 N–H and O–H groups in total.